The Labute approximate surface area is 132 Å². The molecule has 1 aliphatic carbocycles. The Morgan fingerprint density at radius 1 is 1.55 bits per heavy atom. The number of nitrogens with zero attached hydrogens (tertiary/aromatic N) is 2. The second kappa shape index (κ2) is 5.83. The number of carbonyl (C=O) groups excluding carboxylic acids is 1. The van der Waals surface area contributed by atoms with E-state index in [2.05, 4.69) is 11.9 Å². The van der Waals surface area contributed by atoms with Crippen molar-refractivity contribution >= 4 is 27.5 Å². The summed E-state index contributed by atoms with van der Waals surface area (Å²) in [4.78, 5) is 30.9. The van der Waals surface area contributed by atoms with Gasteiger partial charge in [0.05, 0.1) is 17.8 Å². The van der Waals surface area contributed by atoms with Crippen LogP contribution in [0.3, 0.4) is 0 Å². The van der Waals surface area contributed by atoms with E-state index in [1.165, 1.54) is 15.8 Å². The minimum Gasteiger partial charge on any atom is -0.462 e. The Kier molecular flexibility index (Phi) is 4.04. The van der Waals surface area contributed by atoms with E-state index in [1.54, 1.807) is 25.2 Å². The van der Waals surface area contributed by atoms with Crippen molar-refractivity contribution in [3.63, 3.8) is 0 Å². The SMILES string of the molecule is CC1CCc2c(sc3ncn(CC(=O)OC(C)C)c(=O)c23)C1. The third-order valence-electron chi connectivity index (χ3n) is 3.95. The molecule has 0 radical (unpaired) electrons. The number of esters is 1. The van der Waals surface area contributed by atoms with Gasteiger partial charge in [0.25, 0.3) is 5.56 Å². The Morgan fingerprint density at radius 3 is 3.05 bits per heavy atom. The van der Waals surface area contributed by atoms with E-state index in [1.807, 2.05) is 0 Å². The molecular weight excluding hydrogens is 300 g/mol. The van der Waals surface area contributed by atoms with Crippen molar-refractivity contribution in [1.82, 2.24) is 9.55 Å². The molecule has 0 spiro atoms. The van der Waals surface area contributed by atoms with Crippen LogP contribution in [0.5, 0.6) is 0 Å². The van der Waals surface area contributed by atoms with E-state index in [0.717, 1.165) is 29.7 Å². The zero-order valence-corrected chi connectivity index (χ0v) is 13.9. The van der Waals surface area contributed by atoms with Crippen LogP contribution in [-0.2, 0) is 28.9 Å². The van der Waals surface area contributed by atoms with Crippen molar-refractivity contribution in [2.75, 3.05) is 0 Å². The van der Waals surface area contributed by atoms with Gasteiger partial charge >= 0.3 is 5.97 Å². The summed E-state index contributed by atoms with van der Waals surface area (Å²) >= 11 is 1.62. The smallest absolute Gasteiger partial charge is 0.326 e. The lowest BCUT2D eigenvalue weighted by Crippen LogP contribution is -2.27. The Bertz CT molecular complexity index is 776. The predicted octanol–water partition coefficient (Wildman–Crippen LogP) is 2.53. The maximum Gasteiger partial charge on any atom is 0.326 e. The molecule has 0 saturated heterocycles. The summed E-state index contributed by atoms with van der Waals surface area (Å²) in [5, 5.41) is 0.701. The number of ether oxygens (including phenoxy) is 1. The Balaban J connectivity index is 1.99. The van der Waals surface area contributed by atoms with E-state index >= 15 is 0 Å². The summed E-state index contributed by atoms with van der Waals surface area (Å²) in [5.74, 6) is 0.250. The minimum atomic E-state index is -0.407. The molecule has 1 aliphatic rings. The molecule has 1 atom stereocenters. The molecule has 0 N–H and O–H groups in total. The van der Waals surface area contributed by atoms with Gasteiger partial charge in [-0.3, -0.25) is 14.2 Å². The number of carbonyl (C=O) groups is 1. The fourth-order valence-corrected chi connectivity index (χ4v) is 4.26. The second-order valence-electron chi connectivity index (χ2n) is 6.25. The van der Waals surface area contributed by atoms with E-state index < -0.39 is 5.97 Å². The maximum atomic E-state index is 12.7. The summed E-state index contributed by atoms with van der Waals surface area (Å²) in [6, 6.07) is 0. The fourth-order valence-electron chi connectivity index (χ4n) is 2.92. The molecule has 0 fully saturated rings. The van der Waals surface area contributed by atoms with Gasteiger partial charge in [0.15, 0.2) is 0 Å². The van der Waals surface area contributed by atoms with Crippen LogP contribution in [0.2, 0.25) is 0 Å². The van der Waals surface area contributed by atoms with E-state index in [-0.39, 0.29) is 18.2 Å². The maximum absolute atomic E-state index is 12.7. The van der Waals surface area contributed by atoms with E-state index in [4.69, 9.17) is 4.74 Å². The molecule has 2 aromatic rings. The largest absolute Gasteiger partial charge is 0.462 e. The van der Waals surface area contributed by atoms with Crippen LogP contribution in [0.4, 0.5) is 0 Å². The highest BCUT2D eigenvalue weighted by Gasteiger charge is 2.23. The van der Waals surface area contributed by atoms with Gasteiger partial charge in [-0.05, 0) is 44.6 Å². The van der Waals surface area contributed by atoms with Gasteiger partial charge < -0.3 is 4.74 Å². The summed E-state index contributed by atoms with van der Waals surface area (Å²) in [5.41, 5.74) is 1.01. The first-order valence-electron chi connectivity index (χ1n) is 7.65. The zero-order chi connectivity index (χ0) is 15.9. The van der Waals surface area contributed by atoms with Crippen LogP contribution in [0.15, 0.2) is 11.1 Å². The van der Waals surface area contributed by atoms with Gasteiger partial charge in [0.2, 0.25) is 0 Å². The van der Waals surface area contributed by atoms with Crippen LogP contribution in [0.1, 0.15) is 37.6 Å². The molecule has 0 aliphatic heterocycles. The number of hydrogen-bond donors (Lipinski definition) is 0. The molecule has 0 amide bonds. The second-order valence-corrected chi connectivity index (χ2v) is 7.33. The van der Waals surface area contributed by atoms with Crippen LogP contribution in [0, 0.1) is 5.92 Å². The summed E-state index contributed by atoms with van der Waals surface area (Å²) < 4.78 is 6.46. The Morgan fingerprint density at radius 2 is 2.32 bits per heavy atom. The van der Waals surface area contributed by atoms with Crippen molar-refractivity contribution in [1.29, 1.82) is 0 Å². The molecule has 1 unspecified atom stereocenters. The highest BCUT2D eigenvalue weighted by atomic mass is 32.1. The number of rotatable bonds is 3. The van der Waals surface area contributed by atoms with Crippen molar-refractivity contribution in [2.45, 2.75) is 52.7 Å². The molecular formula is C16H20N2O3S. The topological polar surface area (TPSA) is 61.2 Å². The van der Waals surface area contributed by atoms with Crippen LogP contribution in [-0.4, -0.2) is 21.6 Å². The normalized spacial score (nSPS) is 17.7. The molecule has 3 rings (SSSR count). The molecule has 6 heteroatoms. The summed E-state index contributed by atoms with van der Waals surface area (Å²) in [6.45, 7) is 5.74. The van der Waals surface area contributed by atoms with Crippen molar-refractivity contribution in [3.05, 3.63) is 27.1 Å². The molecule has 22 heavy (non-hydrogen) atoms. The van der Waals surface area contributed by atoms with E-state index in [0.29, 0.717) is 11.3 Å². The molecule has 2 aromatic heterocycles. The number of aryl methyl sites for hydroxylation is 1. The lowest BCUT2D eigenvalue weighted by molar-refractivity contribution is -0.148. The first-order chi connectivity index (χ1) is 10.5. The first kappa shape index (κ1) is 15.2. The van der Waals surface area contributed by atoms with Crippen molar-refractivity contribution < 1.29 is 9.53 Å². The average Bonchev–Trinajstić information content (AvgIpc) is 2.79. The molecule has 2 heterocycles. The number of aromatic nitrogens is 2. The van der Waals surface area contributed by atoms with Crippen molar-refractivity contribution in [2.24, 2.45) is 5.92 Å². The van der Waals surface area contributed by atoms with Crippen LogP contribution >= 0.6 is 11.3 Å². The van der Waals surface area contributed by atoms with Gasteiger partial charge in [-0.2, -0.15) is 0 Å². The van der Waals surface area contributed by atoms with Gasteiger partial charge in [-0.15, -0.1) is 11.3 Å². The van der Waals surface area contributed by atoms with Gasteiger partial charge in [0, 0.05) is 4.88 Å². The molecule has 0 saturated carbocycles. The molecule has 0 bridgehead atoms. The third-order valence-corrected chi connectivity index (χ3v) is 5.11. The number of thiophene rings is 1. The number of fused-ring (bicyclic) bond motifs is 3. The lowest BCUT2D eigenvalue weighted by Gasteiger charge is -2.17. The van der Waals surface area contributed by atoms with Gasteiger partial charge in [0.1, 0.15) is 11.4 Å². The van der Waals surface area contributed by atoms with Gasteiger partial charge in [-0.1, -0.05) is 6.92 Å². The Hall–Kier alpha value is -1.69. The minimum absolute atomic E-state index is 0.0824. The standard InChI is InChI=1S/C16H20N2O3S/c1-9(2)21-13(19)7-18-8-17-15-14(16(18)20)11-5-4-10(3)6-12(11)22-15/h8-10H,4-7H2,1-3H3. The lowest BCUT2D eigenvalue weighted by atomic mass is 9.89. The molecule has 0 aromatic carbocycles. The van der Waals surface area contributed by atoms with Crippen LogP contribution in [0.25, 0.3) is 10.2 Å². The number of hydrogen-bond acceptors (Lipinski definition) is 5. The quantitative estimate of drug-likeness (QED) is 0.815. The van der Waals surface area contributed by atoms with Crippen molar-refractivity contribution in [3.8, 4) is 0 Å². The third kappa shape index (κ3) is 2.79. The summed E-state index contributed by atoms with van der Waals surface area (Å²) in [7, 11) is 0. The highest BCUT2D eigenvalue weighted by molar-refractivity contribution is 7.18. The predicted molar refractivity (Wildman–Crippen MR) is 86.3 cm³/mol. The summed E-state index contributed by atoms with van der Waals surface area (Å²) in [6.07, 6.45) is 4.31. The molecule has 5 nitrogen and oxygen atoms in total. The molecule has 118 valence electrons. The highest BCUT2D eigenvalue weighted by Crippen LogP contribution is 2.35. The van der Waals surface area contributed by atoms with Gasteiger partial charge in [-0.25, -0.2) is 4.98 Å². The monoisotopic (exact) mass is 320 g/mol. The first-order valence-corrected chi connectivity index (χ1v) is 8.46. The van der Waals surface area contributed by atoms with E-state index in [9.17, 15) is 9.59 Å². The van der Waals surface area contributed by atoms with Crippen LogP contribution < -0.4 is 5.56 Å². The average molecular weight is 320 g/mol. The zero-order valence-electron chi connectivity index (χ0n) is 13.1. The fraction of sp³-hybridized carbons (Fsp3) is 0.562.